The number of carbonyl (C=O) groups excluding carboxylic acids is 1. The lowest BCUT2D eigenvalue weighted by molar-refractivity contribution is -0.123. The molecule has 0 heterocycles. The number of nitrogens with zero attached hydrogens (tertiary/aromatic N) is 1. The van der Waals surface area contributed by atoms with Crippen LogP contribution in [-0.2, 0) is 4.79 Å². The minimum absolute atomic E-state index is 0.0284. The number of benzene rings is 2. The molecule has 6 nitrogen and oxygen atoms in total. The minimum Gasteiger partial charge on any atom is -0.504 e. The van der Waals surface area contributed by atoms with Gasteiger partial charge in [0.05, 0.1) is 17.8 Å². The first-order chi connectivity index (χ1) is 11.5. The Morgan fingerprint density at radius 2 is 2.12 bits per heavy atom. The molecule has 0 saturated heterocycles. The van der Waals surface area contributed by atoms with Gasteiger partial charge in [-0.3, -0.25) is 4.79 Å². The van der Waals surface area contributed by atoms with Gasteiger partial charge in [-0.25, -0.2) is 5.43 Å². The third kappa shape index (κ3) is 5.14. The summed E-state index contributed by atoms with van der Waals surface area (Å²) in [6, 6.07) is 9.69. The van der Waals surface area contributed by atoms with E-state index in [9.17, 15) is 9.90 Å². The lowest BCUT2D eigenvalue weighted by Crippen LogP contribution is -2.24. The molecule has 2 aromatic carbocycles. The second-order valence-electron chi connectivity index (χ2n) is 4.59. The fraction of sp³-hybridized carbons (Fsp3) is 0.125. The number of phenols is 1. The average Bonchev–Trinajstić information content (AvgIpc) is 2.55. The molecule has 0 radical (unpaired) electrons. The summed E-state index contributed by atoms with van der Waals surface area (Å²) in [7, 11) is 1.45. The van der Waals surface area contributed by atoms with Crippen molar-refractivity contribution in [2.75, 3.05) is 13.7 Å². The molecule has 24 heavy (non-hydrogen) atoms. The van der Waals surface area contributed by atoms with Crippen LogP contribution in [-0.4, -0.2) is 30.9 Å². The van der Waals surface area contributed by atoms with Crippen LogP contribution in [0.1, 0.15) is 5.56 Å². The number of phenolic OH excluding ortho intramolecular Hbond substituents is 1. The Morgan fingerprint density at radius 1 is 1.33 bits per heavy atom. The molecule has 0 bridgehead atoms. The van der Waals surface area contributed by atoms with E-state index in [-0.39, 0.29) is 12.4 Å². The largest absolute Gasteiger partial charge is 0.504 e. The van der Waals surface area contributed by atoms with E-state index >= 15 is 0 Å². The Morgan fingerprint density at radius 3 is 2.83 bits per heavy atom. The summed E-state index contributed by atoms with van der Waals surface area (Å²) in [5, 5.41) is 13.9. The van der Waals surface area contributed by atoms with Crippen LogP contribution in [0.25, 0.3) is 0 Å². The van der Waals surface area contributed by atoms with Crippen molar-refractivity contribution in [1.82, 2.24) is 5.43 Å². The molecule has 0 saturated carbocycles. The number of ether oxygens (including phenoxy) is 2. The maximum Gasteiger partial charge on any atom is 0.277 e. The Kier molecular flexibility index (Phi) is 6.45. The fourth-order valence-electron chi connectivity index (χ4n) is 1.72. The fourth-order valence-corrected chi connectivity index (χ4v) is 2.52. The van der Waals surface area contributed by atoms with Crippen LogP contribution in [0, 0.1) is 0 Å². The number of hydrogen-bond donors (Lipinski definition) is 2. The number of nitrogens with one attached hydrogen (secondary N) is 1. The maximum atomic E-state index is 11.7. The number of hydrogen-bond acceptors (Lipinski definition) is 5. The maximum absolute atomic E-state index is 11.7. The van der Waals surface area contributed by atoms with E-state index in [1.54, 1.807) is 30.3 Å². The molecule has 2 aromatic rings. The van der Waals surface area contributed by atoms with Crippen molar-refractivity contribution in [3.8, 4) is 17.2 Å². The Bertz CT molecular complexity index is 768. The number of methoxy groups -OCH3 is 1. The predicted molar refractivity (Wildman–Crippen MR) is 95.0 cm³/mol. The molecule has 0 aliphatic rings. The minimum atomic E-state index is -0.418. The van der Waals surface area contributed by atoms with Gasteiger partial charge in [-0.2, -0.15) is 5.10 Å². The van der Waals surface area contributed by atoms with Crippen LogP contribution < -0.4 is 14.9 Å². The molecule has 0 aliphatic carbocycles. The van der Waals surface area contributed by atoms with Gasteiger partial charge in [0.25, 0.3) is 5.91 Å². The highest BCUT2D eigenvalue weighted by atomic mass is 79.9. The zero-order chi connectivity index (χ0) is 17.5. The van der Waals surface area contributed by atoms with Gasteiger partial charge in [0.15, 0.2) is 18.1 Å². The number of carbonyl (C=O) groups is 1. The Hall–Kier alpha value is -2.25. The first-order valence-electron chi connectivity index (χ1n) is 6.76. The van der Waals surface area contributed by atoms with E-state index < -0.39 is 5.91 Å². The van der Waals surface area contributed by atoms with Gasteiger partial charge in [-0.15, -0.1) is 0 Å². The van der Waals surface area contributed by atoms with E-state index in [1.807, 2.05) is 0 Å². The molecular formula is C16H14BrClN2O4. The first kappa shape index (κ1) is 18.1. The topological polar surface area (TPSA) is 80.2 Å². The smallest absolute Gasteiger partial charge is 0.277 e. The van der Waals surface area contributed by atoms with E-state index in [0.717, 1.165) is 0 Å². The van der Waals surface area contributed by atoms with Gasteiger partial charge in [-0.05, 0) is 57.9 Å². The van der Waals surface area contributed by atoms with E-state index in [2.05, 4.69) is 26.5 Å². The summed E-state index contributed by atoms with van der Waals surface area (Å²) >= 11 is 9.13. The van der Waals surface area contributed by atoms with Crippen LogP contribution in [0.2, 0.25) is 5.02 Å². The van der Waals surface area contributed by atoms with Gasteiger partial charge < -0.3 is 14.6 Å². The highest BCUT2D eigenvalue weighted by Crippen LogP contribution is 2.28. The Labute approximate surface area is 152 Å². The number of aromatic hydroxyl groups is 1. The van der Waals surface area contributed by atoms with Crippen molar-refractivity contribution in [2.45, 2.75) is 0 Å². The third-order valence-corrected chi connectivity index (χ3v) is 3.71. The zero-order valence-corrected chi connectivity index (χ0v) is 15.0. The van der Waals surface area contributed by atoms with Gasteiger partial charge in [-0.1, -0.05) is 11.6 Å². The molecule has 0 aromatic heterocycles. The zero-order valence-electron chi connectivity index (χ0n) is 12.6. The molecule has 2 rings (SSSR count). The number of rotatable bonds is 6. The summed E-state index contributed by atoms with van der Waals surface area (Å²) in [4.78, 5) is 11.7. The van der Waals surface area contributed by atoms with E-state index in [0.29, 0.717) is 26.6 Å². The highest BCUT2D eigenvalue weighted by Gasteiger charge is 2.06. The van der Waals surface area contributed by atoms with Crippen LogP contribution in [0.15, 0.2) is 46.0 Å². The first-order valence-corrected chi connectivity index (χ1v) is 7.93. The molecule has 126 valence electrons. The van der Waals surface area contributed by atoms with E-state index in [4.69, 9.17) is 21.1 Å². The summed E-state index contributed by atoms with van der Waals surface area (Å²) in [5.41, 5.74) is 3.00. The van der Waals surface area contributed by atoms with Crippen molar-refractivity contribution < 1.29 is 19.4 Å². The summed E-state index contributed by atoms with van der Waals surface area (Å²) in [6.07, 6.45) is 1.43. The van der Waals surface area contributed by atoms with Crippen LogP contribution in [0.4, 0.5) is 0 Å². The SMILES string of the molecule is COc1cc(C=NNC(=O)COc2ccc(Cl)cc2Br)ccc1O. The molecule has 8 heteroatoms. The van der Waals surface area contributed by atoms with Gasteiger partial charge in [0.2, 0.25) is 0 Å². The quantitative estimate of drug-likeness (QED) is 0.562. The highest BCUT2D eigenvalue weighted by molar-refractivity contribution is 9.10. The predicted octanol–water partition coefficient (Wildman–Crippen LogP) is 3.35. The number of amides is 1. The van der Waals surface area contributed by atoms with Gasteiger partial charge >= 0.3 is 0 Å². The summed E-state index contributed by atoms with van der Waals surface area (Å²) in [5.74, 6) is 0.433. The summed E-state index contributed by atoms with van der Waals surface area (Å²) < 4.78 is 11.0. The van der Waals surface area contributed by atoms with Crippen molar-refractivity contribution >= 4 is 39.7 Å². The molecule has 0 atom stereocenters. The van der Waals surface area contributed by atoms with Crippen LogP contribution >= 0.6 is 27.5 Å². The lowest BCUT2D eigenvalue weighted by atomic mass is 10.2. The van der Waals surface area contributed by atoms with Crippen molar-refractivity contribution in [3.63, 3.8) is 0 Å². The third-order valence-electron chi connectivity index (χ3n) is 2.86. The summed E-state index contributed by atoms with van der Waals surface area (Å²) in [6.45, 7) is -0.198. The number of hydrazone groups is 1. The molecule has 0 fully saturated rings. The van der Waals surface area contributed by atoms with Crippen LogP contribution in [0.3, 0.4) is 0 Å². The molecule has 0 spiro atoms. The van der Waals surface area contributed by atoms with E-state index in [1.165, 1.54) is 19.4 Å². The second kappa shape index (κ2) is 8.56. The molecule has 0 unspecified atom stereocenters. The standard InChI is InChI=1S/C16H14BrClN2O4/c1-23-15-6-10(2-4-13(15)21)8-19-20-16(22)9-24-14-5-3-11(18)7-12(14)17/h2-8,21H,9H2,1H3,(H,20,22). The molecular weight excluding hydrogens is 400 g/mol. The Balaban J connectivity index is 1.86. The van der Waals surface area contributed by atoms with Gasteiger partial charge in [0, 0.05) is 5.02 Å². The molecule has 1 amide bonds. The van der Waals surface area contributed by atoms with Gasteiger partial charge in [0.1, 0.15) is 5.75 Å². The monoisotopic (exact) mass is 412 g/mol. The average molecular weight is 414 g/mol. The van der Waals surface area contributed by atoms with Crippen molar-refractivity contribution in [3.05, 3.63) is 51.5 Å². The van der Waals surface area contributed by atoms with Crippen molar-refractivity contribution in [1.29, 1.82) is 0 Å². The van der Waals surface area contributed by atoms with Crippen LogP contribution in [0.5, 0.6) is 17.2 Å². The van der Waals surface area contributed by atoms with Crippen molar-refractivity contribution in [2.24, 2.45) is 5.10 Å². The second-order valence-corrected chi connectivity index (χ2v) is 5.88. The molecule has 0 aliphatic heterocycles. The molecule has 2 N–H and O–H groups in total. The normalized spacial score (nSPS) is 10.6. The number of halogens is 2. The lowest BCUT2D eigenvalue weighted by Gasteiger charge is -2.07.